The van der Waals surface area contributed by atoms with E-state index in [1.165, 1.54) is 0 Å². The van der Waals surface area contributed by atoms with E-state index in [4.69, 9.17) is 10.5 Å². The molecule has 2 aromatic rings. The number of carbonyl (C=O) groups excluding carboxylic acids is 1. The molecule has 0 unspecified atom stereocenters. The van der Waals surface area contributed by atoms with Gasteiger partial charge in [-0.3, -0.25) is 4.79 Å². The van der Waals surface area contributed by atoms with Gasteiger partial charge in [0.25, 0.3) is 0 Å². The van der Waals surface area contributed by atoms with Gasteiger partial charge in [0.15, 0.2) is 0 Å². The SMILES string of the molecule is Nc1ccccc1OCCCC(=O)N1CCN(c2ncccn2)CC1. The van der Waals surface area contributed by atoms with Crippen LogP contribution in [0, 0.1) is 0 Å². The average molecular weight is 341 g/mol. The summed E-state index contributed by atoms with van der Waals surface area (Å²) in [5.41, 5.74) is 6.44. The van der Waals surface area contributed by atoms with Crippen LogP contribution in [-0.4, -0.2) is 53.6 Å². The van der Waals surface area contributed by atoms with E-state index in [0.717, 1.165) is 19.0 Å². The summed E-state index contributed by atoms with van der Waals surface area (Å²) >= 11 is 0. The molecule has 0 radical (unpaired) electrons. The minimum Gasteiger partial charge on any atom is -0.491 e. The second-order valence-corrected chi connectivity index (χ2v) is 5.91. The Kier molecular flexibility index (Phi) is 5.66. The predicted octanol–water partition coefficient (Wildman–Crippen LogP) is 1.57. The zero-order chi connectivity index (χ0) is 17.5. The van der Waals surface area contributed by atoms with Gasteiger partial charge in [0.1, 0.15) is 5.75 Å². The fraction of sp³-hybridized carbons (Fsp3) is 0.389. The molecule has 0 atom stereocenters. The van der Waals surface area contributed by atoms with Gasteiger partial charge in [0.2, 0.25) is 11.9 Å². The van der Waals surface area contributed by atoms with Crippen LogP contribution in [0.15, 0.2) is 42.7 Å². The second-order valence-electron chi connectivity index (χ2n) is 5.91. The number of hydrogen-bond donors (Lipinski definition) is 1. The Morgan fingerprint density at radius 3 is 2.52 bits per heavy atom. The molecule has 7 heteroatoms. The van der Waals surface area contributed by atoms with Gasteiger partial charge < -0.3 is 20.3 Å². The van der Waals surface area contributed by atoms with Crippen LogP contribution in [0.4, 0.5) is 11.6 Å². The van der Waals surface area contributed by atoms with Crippen molar-refractivity contribution in [3.05, 3.63) is 42.7 Å². The van der Waals surface area contributed by atoms with Crippen LogP contribution in [-0.2, 0) is 4.79 Å². The highest BCUT2D eigenvalue weighted by Crippen LogP contribution is 2.20. The van der Waals surface area contributed by atoms with Gasteiger partial charge in [0, 0.05) is 45.0 Å². The largest absolute Gasteiger partial charge is 0.491 e. The summed E-state index contributed by atoms with van der Waals surface area (Å²) < 4.78 is 5.63. The number of hydrogen-bond acceptors (Lipinski definition) is 6. The summed E-state index contributed by atoms with van der Waals surface area (Å²) in [5, 5.41) is 0. The van der Waals surface area contributed by atoms with Crippen LogP contribution in [0.1, 0.15) is 12.8 Å². The number of rotatable bonds is 6. The van der Waals surface area contributed by atoms with E-state index in [0.29, 0.717) is 44.0 Å². The molecule has 0 aliphatic carbocycles. The fourth-order valence-electron chi connectivity index (χ4n) is 2.79. The molecule has 0 spiro atoms. The predicted molar refractivity (Wildman–Crippen MR) is 96.4 cm³/mol. The summed E-state index contributed by atoms with van der Waals surface area (Å²) in [4.78, 5) is 24.8. The monoisotopic (exact) mass is 341 g/mol. The van der Waals surface area contributed by atoms with E-state index in [1.54, 1.807) is 24.5 Å². The summed E-state index contributed by atoms with van der Waals surface area (Å²) in [7, 11) is 0. The van der Waals surface area contributed by atoms with E-state index in [1.807, 2.05) is 23.1 Å². The summed E-state index contributed by atoms with van der Waals surface area (Å²) in [6.45, 7) is 3.39. The maximum Gasteiger partial charge on any atom is 0.225 e. The maximum absolute atomic E-state index is 12.3. The van der Waals surface area contributed by atoms with Crippen LogP contribution in [0.25, 0.3) is 0 Å². The maximum atomic E-state index is 12.3. The standard InChI is InChI=1S/C18H23N5O2/c19-15-5-1-2-6-16(15)25-14-3-7-17(24)22-10-12-23(13-11-22)18-20-8-4-9-21-18/h1-2,4-6,8-9H,3,7,10-14,19H2. The molecule has 1 aromatic carbocycles. The van der Waals surface area contributed by atoms with Crippen LogP contribution in [0.5, 0.6) is 5.75 Å². The quantitative estimate of drug-likeness (QED) is 0.634. The third kappa shape index (κ3) is 4.59. The van der Waals surface area contributed by atoms with Gasteiger partial charge >= 0.3 is 0 Å². The van der Waals surface area contributed by atoms with Crippen molar-refractivity contribution in [1.29, 1.82) is 0 Å². The van der Waals surface area contributed by atoms with Crippen LogP contribution in [0.3, 0.4) is 0 Å². The van der Waals surface area contributed by atoms with E-state index >= 15 is 0 Å². The summed E-state index contributed by atoms with van der Waals surface area (Å²) in [5.74, 6) is 1.56. The van der Waals surface area contributed by atoms with Crippen molar-refractivity contribution in [1.82, 2.24) is 14.9 Å². The molecule has 1 fully saturated rings. The lowest BCUT2D eigenvalue weighted by Crippen LogP contribution is -2.49. The van der Waals surface area contributed by atoms with Crippen LogP contribution in [0.2, 0.25) is 0 Å². The second kappa shape index (κ2) is 8.32. The van der Waals surface area contributed by atoms with Crippen LogP contribution >= 0.6 is 0 Å². The van der Waals surface area contributed by atoms with E-state index in [2.05, 4.69) is 14.9 Å². The Bertz CT molecular complexity index is 687. The minimum absolute atomic E-state index is 0.165. The van der Waals surface area contributed by atoms with Crippen molar-refractivity contribution in [2.75, 3.05) is 43.4 Å². The molecule has 1 amide bonds. The molecule has 1 aliphatic heterocycles. The Balaban J connectivity index is 1.37. The van der Waals surface area contributed by atoms with Gasteiger partial charge in [0.05, 0.1) is 12.3 Å². The molecule has 0 saturated carbocycles. The fourth-order valence-corrected chi connectivity index (χ4v) is 2.79. The normalized spacial score (nSPS) is 14.4. The Morgan fingerprint density at radius 1 is 1.08 bits per heavy atom. The number of ether oxygens (including phenoxy) is 1. The zero-order valence-electron chi connectivity index (χ0n) is 14.2. The third-order valence-electron chi connectivity index (χ3n) is 4.18. The van der Waals surface area contributed by atoms with E-state index in [9.17, 15) is 4.79 Å². The highest BCUT2D eigenvalue weighted by Gasteiger charge is 2.21. The van der Waals surface area contributed by atoms with Crippen LogP contribution < -0.4 is 15.4 Å². The number of nitrogens with two attached hydrogens (primary N) is 1. The number of nitrogens with zero attached hydrogens (tertiary/aromatic N) is 4. The van der Waals surface area contributed by atoms with Crippen molar-refractivity contribution in [3.63, 3.8) is 0 Å². The number of para-hydroxylation sites is 2. The topological polar surface area (TPSA) is 84.6 Å². The first-order chi connectivity index (χ1) is 12.2. The highest BCUT2D eigenvalue weighted by molar-refractivity contribution is 5.76. The number of nitrogen functional groups attached to an aromatic ring is 1. The van der Waals surface area contributed by atoms with Crippen molar-refractivity contribution in [2.45, 2.75) is 12.8 Å². The highest BCUT2D eigenvalue weighted by atomic mass is 16.5. The smallest absolute Gasteiger partial charge is 0.225 e. The molecule has 1 aromatic heterocycles. The van der Waals surface area contributed by atoms with Gasteiger partial charge in [-0.25, -0.2) is 9.97 Å². The molecule has 1 saturated heterocycles. The molecule has 7 nitrogen and oxygen atoms in total. The number of carbonyl (C=O) groups is 1. The van der Waals surface area contributed by atoms with E-state index < -0.39 is 0 Å². The van der Waals surface area contributed by atoms with Gasteiger partial charge in [-0.05, 0) is 24.6 Å². The van der Waals surface area contributed by atoms with Gasteiger partial charge in [-0.1, -0.05) is 12.1 Å². The number of benzene rings is 1. The summed E-state index contributed by atoms with van der Waals surface area (Å²) in [6, 6.07) is 9.19. The van der Waals surface area contributed by atoms with Gasteiger partial charge in [-0.2, -0.15) is 0 Å². The average Bonchev–Trinajstić information content (AvgIpc) is 2.67. The van der Waals surface area contributed by atoms with Crippen molar-refractivity contribution in [2.24, 2.45) is 0 Å². The summed E-state index contributed by atoms with van der Waals surface area (Å²) in [6.07, 6.45) is 4.63. The zero-order valence-corrected chi connectivity index (χ0v) is 14.2. The number of anilines is 2. The molecular weight excluding hydrogens is 318 g/mol. The number of amides is 1. The Labute approximate surface area is 147 Å². The first-order valence-corrected chi connectivity index (χ1v) is 8.51. The minimum atomic E-state index is 0.165. The van der Waals surface area contributed by atoms with Crippen molar-refractivity contribution < 1.29 is 9.53 Å². The lowest BCUT2D eigenvalue weighted by molar-refractivity contribution is -0.131. The first kappa shape index (κ1) is 17.0. The number of aromatic nitrogens is 2. The molecule has 25 heavy (non-hydrogen) atoms. The van der Waals surface area contributed by atoms with Crippen molar-refractivity contribution >= 4 is 17.5 Å². The van der Waals surface area contributed by atoms with Crippen molar-refractivity contribution in [3.8, 4) is 5.75 Å². The molecule has 0 bridgehead atoms. The Morgan fingerprint density at radius 2 is 1.80 bits per heavy atom. The first-order valence-electron chi connectivity index (χ1n) is 8.51. The third-order valence-corrected chi connectivity index (χ3v) is 4.18. The lowest BCUT2D eigenvalue weighted by atomic mass is 10.2. The van der Waals surface area contributed by atoms with Gasteiger partial charge in [-0.15, -0.1) is 0 Å². The molecule has 3 rings (SSSR count). The molecule has 1 aliphatic rings. The number of piperazine rings is 1. The lowest BCUT2D eigenvalue weighted by Gasteiger charge is -2.34. The molecular formula is C18H23N5O2. The Hall–Kier alpha value is -2.83. The molecule has 132 valence electrons. The molecule has 2 heterocycles. The molecule has 2 N–H and O–H groups in total. The van der Waals surface area contributed by atoms with E-state index in [-0.39, 0.29) is 5.91 Å².